The number of hydrogen-bond acceptors (Lipinski definition) is 2. The molecule has 3 heteroatoms. The molecule has 0 spiro atoms. The number of ether oxygens (including phenoxy) is 1. The van der Waals surface area contributed by atoms with Crippen LogP contribution in [0, 0.1) is 0 Å². The molecule has 1 heterocycles. The summed E-state index contributed by atoms with van der Waals surface area (Å²) in [6.45, 7) is 10.7. The molecule has 0 saturated heterocycles. The Bertz CT molecular complexity index is 743. The summed E-state index contributed by atoms with van der Waals surface area (Å²) in [5.74, 6) is 0.983. The molecule has 0 saturated carbocycles. The largest absolute Gasteiger partial charge is 0.483 e. The number of aryl methyl sites for hydroxylation is 1. The van der Waals surface area contributed by atoms with E-state index in [0.29, 0.717) is 6.42 Å². The second-order valence-electron chi connectivity index (χ2n) is 8.73. The smallest absolute Gasteiger partial charge is 0.224 e. The van der Waals surface area contributed by atoms with Crippen molar-refractivity contribution in [3.05, 3.63) is 41.0 Å². The van der Waals surface area contributed by atoms with Gasteiger partial charge in [0.1, 0.15) is 11.4 Å². The summed E-state index contributed by atoms with van der Waals surface area (Å²) in [7, 11) is 0. The first-order chi connectivity index (χ1) is 13.9. The Hall–Kier alpha value is -2.03. The molecule has 1 atom stereocenters. The van der Waals surface area contributed by atoms with E-state index in [2.05, 4.69) is 70.3 Å². The van der Waals surface area contributed by atoms with E-state index in [4.69, 9.17) is 4.74 Å². The van der Waals surface area contributed by atoms with Crippen molar-refractivity contribution in [1.29, 1.82) is 0 Å². The molecule has 1 aromatic carbocycles. The molecular weight excluding hydrogens is 358 g/mol. The highest BCUT2D eigenvalue weighted by Crippen LogP contribution is 2.39. The molecule has 1 aliphatic rings. The first kappa shape index (κ1) is 23.3. The minimum atomic E-state index is -0.315. The van der Waals surface area contributed by atoms with Crippen LogP contribution in [0.1, 0.15) is 97.1 Å². The van der Waals surface area contributed by atoms with E-state index < -0.39 is 0 Å². The summed E-state index contributed by atoms with van der Waals surface area (Å²) >= 11 is 0. The number of hydrogen-bond donors (Lipinski definition) is 1. The Morgan fingerprint density at radius 1 is 1.14 bits per heavy atom. The zero-order valence-electron chi connectivity index (χ0n) is 19.1. The van der Waals surface area contributed by atoms with E-state index in [9.17, 15) is 4.79 Å². The number of rotatable bonds is 11. The molecule has 1 amide bonds. The lowest BCUT2D eigenvalue weighted by Crippen LogP contribution is -2.32. The fraction of sp³-hybridized carbons (Fsp3) is 0.577. The van der Waals surface area contributed by atoms with Gasteiger partial charge in [-0.05, 0) is 82.7 Å². The molecule has 0 aromatic heterocycles. The Morgan fingerprint density at radius 3 is 2.59 bits per heavy atom. The van der Waals surface area contributed by atoms with Gasteiger partial charge in [0.2, 0.25) is 5.91 Å². The molecule has 3 nitrogen and oxygen atoms in total. The average molecular weight is 398 g/mol. The van der Waals surface area contributed by atoms with E-state index in [1.54, 1.807) is 0 Å². The van der Waals surface area contributed by atoms with E-state index >= 15 is 0 Å². The molecule has 1 N–H and O–H groups in total. The van der Waals surface area contributed by atoms with E-state index in [-0.39, 0.29) is 11.5 Å². The lowest BCUT2D eigenvalue weighted by Gasteiger charge is -2.32. The SMILES string of the molecule is CCCCCc1cc(NC(=O)CCCC)c2c(c1)OC(C)(CCC=C(C)C)C=C2. The van der Waals surface area contributed by atoms with Crippen LogP contribution in [-0.4, -0.2) is 11.5 Å². The van der Waals surface area contributed by atoms with Gasteiger partial charge < -0.3 is 10.1 Å². The van der Waals surface area contributed by atoms with Crippen LogP contribution >= 0.6 is 0 Å². The van der Waals surface area contributed by atoms with Crippen LogP contribution in [0.2, 0.25) is 0 Å². The summed E-state index contributed by atoms with van der Waals surface area (Å²) in [5, 5.41) is 3.14. The Labute approximate surface area is 177 Å². The lowest BCUT2D eigenvalue weighted by atomic mass is 9.93. The summed E-state index contributed by atoms with van der Waals surface area (Å²) in [6, 6.07) is 4.31. The maximum atomic E-state index is 12.4. The second kappa shape index (κ2) is 11.2. The van der Waals surface area contributed by atoms with Crippen LogP contribution < -0.4 is 10.1 Å². The molecule has 160 valence electrons. The predicted molar refractivity (Wildman–Crippen MR) is 125 cm³/mol. The zero-order valence-corrected chi connectivity index (χ0v) is 19.1. The fourth-order valence-corrected chi connectivity index (χ4v) is 3.64. The maximum Gasteiger partial charge on any atom is 0.224 e. The van der Waals surface area contributed by atoms with Gasteiger partial charge in [-0.15, -0.1) is 0 Å². The number of nitrogens with one attached hydrogen (secondary N) is 1. The average Bonchev–Trinajstić information content (AvgIpc) is 2.65. The molecule has 1 aromatic rings. The quantitative estimate of drug-likeness (QED) is 0.311. The summed E-state index contributed by atoms with van der Waals surface area (Å²) in [6.07, 6.45) is 15.6. The third kappa shape index (κ3) is 7.38. The van der Waals surface area contributed by atoms with E-state index in [0.717, 1.165) is 55.5 Å². The van der Waals surface area contributed by atoms with Crippen molar-refractivity contribution in [1.82, 2.24) is 0 Å². The highest BCUT2D eigenvalue weighted by Gasteiger charge is 2.28. The van der Waals surface area contributed by atoms with Gasteiger partial charge in [-0.2, -0.15) is 0 Å². The highest BCUT2D eigenvalue weighted by atomic mass is 16.5. The van der Waals surface area contributed by atoms with Gasteiger partial charge in [-0.1, -0.05) is 44.8 Å². The number of carbonyl (C=O) groups excluding carboxylic acids is 1. The van der Waals surface area contributed by atoms with Gasteiger partial charge in [0.15, 0.2) is 0 Å². The Kier molecular flexibility index (Phi) is 9.00. The van der Waals surface area contributed by atoms with Crippen molar-refractivity contribution >= 4 is 17.7 Å². The van der Waals surface area contributed by atoms with Crippen molar-refractivity contribution in [3.8, 4) is 5.75 Å². The standard InChI is InChI=1S/C26H39NO2/c1-6-8-10-13-21-18-23(27-25(28)14-9-7-2)22-15-17-26(5,29-24(22)19-21)16-11-12-20(3)4/h12,15,17-19H,6-11,13-14,16H2,1-5H3,(H,27,28). The summed E-state index contributed by atoms with van der Waals surface area (Å²) in [4.78, 5) is 12.4. The predicted octanol–water partition coefficient (Wildman–Crippen LogP) is 7.46. The topological polar surface area (TPSA) is 38.3 Å². The van der Waals surface area contributed by atoms with Crippen molar-refractivity contribution in [2.75, 3.05) is 5.32 Å². The second-order valence-corrected chi connectivity index (χ2v) is 8.73. The number of carbonyl (C=O) groups is 1. The van der Waals surface area contributed by atoms with Crippen LogP contribution in [0.15, 0.2) is 29.9 Å². The normalized spacial score (nSPS) is 17.4. The number of fused-ring (bicyclic) bond motifs is 1. The number of amides is 1. The Morgan fingerprint density at radius 2 is 1.90 bits per heavy atom. The first-order valence-electron chi connectivity index (χ1n) is 11.3. The minimum absolute atomic E-state index is 0.0880. The Balaban J connectivity index is 2.25. The molecule has 1 aliphatic heterocycles. The van der Waals surface area contributed by atoms with Crippen molar-refractivity contribution in [2.24, 2.45) is 0 Å². The fourth-order valence-electron chi connectivity index (χ4n) is 3.64. The molecule has 0 radical (unpaired) electrons. The summed E-state index contributed by atoms with van der Waals surface area (Å²) in [5.41, 5.74) is 4.14. The van der Waals surface area contributed by atoms with E-state index in [1.165, 1.54) is 24.0 Å². The van der Waals surface area contributed by atoms with Crippen molar-refractivity contribution < 1.29 is 9.53 Å². The number of anilines is 1. The number of allylic oxidation sites excluding steroid dienone is 2. The first-order valence-corrected chi connectivity index (χ1v) is 11.3. The van der Waals surface area contributed by atoms with Crippen LogP contribution in [-0.2, 0) is 11.2 Å². The monoisotopic (exact) mass is 397 g/mol. The molecule has 0 bridgehead atoms. The van der Waals surface area contributed by atoms with Gasteiger partial charge in [-0.25, -0.2) is 0 Å². The summed E-state index contributed by atoms with van der Waals surface area (Å²) < 4.78 is 6.48. The highest BCUT2D eigenvalue weighted by molar-refractivity contribution is 5.94. The number of unbranched alkanes of at least 4 members (excludes halogenated alkanes) is 3. The third-order valence-corrected chi connectivity index (χ3v) is 5.44. The van der Waals surface area contributed by atoms with Crippen LogP contribution in [0.25, 0.3) is 6.08 Å². The van der Waals surface area contributed by atoms with Crippen LogP contribution in [0.5, 0.6) is 5.75 Å². The zero-order chi connectivity index (χ0) is 21.3. The molecule has 2 rings (SSSR count). The van der Waals surface area contributed by atoms with Gasteiger partial charge in [0, 0.05) is 12.0 Å². The van der Waals surface area contributed by atoms with Crippen LogP contribution in [0.4, 0.5) is 5.69 Å². The molecule has 1 unspecified atom stereocenters. The third-order valence-electron chi connectivity index (χ3n) is 5.44. The van der Waals surface area contributed by atoms with Gasteiger partial charge in [0.05, 0.1) is 5.69 Å². The molecule has 0 aliphatic carbocycles. The van der Waals surface area contributed by atoms with Crippen molar-refractivity contribution in [2.45, 2.75) is 98.0 Å². The maximum absolute atomic E-state index is 12.4. The van der Waals surface area contributed by atoms with E-state index in [1.807, 2.05) is 0 Å². The van der Waals surface area contributed by atoms with Gasteiger partial charge in [-0.3, -0.25) is 4.79 Å². The molecular formula is C26H39NO2. The number of benzene rings is 1. The minimum Gasteiger partial charge on any atom is -0.483 e. The lowest BCUT2D eigenvalue weighted by molar-refractivity contribution is -0.116. The van der Waals surface area contributed by atoms with Gasteiger partial charge >= 0.3 is 0 Å². The van der Waals surface area contributed by atoms with Crippen molar-refractivity contribution in [3.63, 3.8) is 0 Å². The van der Waals surface area contributed by atoms with Gasteiger partial charge in [0.25, 0.3) is 0 Å². The van der Waals surface area contributed by atoms with Crippen LogP contribution in [0.3, 0.4) is 0 Å². The molecule has 0 fully saturated rings. The molecule has 29 heavy (non-hydrogen) atoms.